The quantitative estimate of drug-likeness (QED) is 0.830. The summed E-state index contributed by atoms with van der Waals surface area (Å²) in [5.41, 5.74) is 0.330. The van der Waals surface area contributed by atoms with Crippen molar-refractivity contribution in [2.75, 3.05) is 33.8 Å². The first-order valence-electron chi connectivity index (χ1n) is 7.63. The average Bonchev–Trinajstić information content (AvgIpc) is 3.00. The lowest BCUT2D eigenvalue weighted by Gasteiger charge is -2.38. The van der Waals surface area contributed by atoms with E-state index in [9.17, 15) is 9.59 Å². The topological polar surface area (TPSA) is 85.1 Å². The Balaban J connectivity index is 1.79. The summed E-state index contributed by atoms with van der Waals surface area (Å²) >= 11 is 0. The third-order valence-electron chi connectivity index (χ3n) is 4.44. The van der Waals surface area contributed by atoms with Gasteiger partial charge in [-0.1, -0.05) is 5.16 Å². The summed E-state index contributed by atoms with van der Waals surface area (Å²) in [4.78, 5) is 27.7. The Morgan fingerprint density at radius 2 is 2.22 bits per heavy atom. The van der Waals surface area contributed by atoms with Crippen molar-refractivity contribution < 1.29 is 23.6 Å². The maximum atomic E-state index is 12.8. The van der Waals surface area contributed by atoms with Crippen LogP contribution in [0.1, 0.15) is 34.7 Å². The number of nitrogens with zero attached hydrogens (tertiary/aromatic N) is 3. The van der Waals surface area contributed by atoms with Gasteiger partial charge in [0.05, 0.1) is 25.3 Å². The smallest absolute Gasteiger partial charge is 0.410 e. The van der Waals surface area contributed by atoms with Crippen molar-refractivity contribution in [1.29, 1.82) is 0 Å². The standard InChI is InChI=1S/C15H21N3O5/c1-10-11(7-21-3)12(16-23-10)13(19)18-6-4-5-15(9-18)8-17(2)14(20)22-15/h4-9H2,1-3H3/t15-/m0/s1. The fourth-order valence-electron chi connectivity index (χ4n) is 3.30. The van der Waals surface area contributed by atoms with Gasteiger partial charge in [0.25, 0.3) is 5.91 Å². The minimum atomic E-state index is -0.611. The summed E-state index contributed by atoms with van der Waals surface area (Å²) in [5.74, 6) is 0.368. The van der Waals surface area contributed by atoms with Gasteiger partial charge in [0.15, 0.2) is 5.69 Å². The molecule has 1 spiro atoms. The van der Waals surface area contributed by atoms with Crippen LogP contribution in [0.2, 0.25) is 0 Å². The Morgan fingerprint density at radius 3 is 2.87 bits per heavy atom. The van der Waals surface area contributed by atoms with Gasteiger partial charge in [0.2, 0.25) is 0 Å². The molecule has 23 heavy (non-hydrogen) atoms. The number of piperidine rings is 1. The molecule has 1 aromatic rings. The van der Waals surface area contributed by atoms with E-state index in [0.717, 1.165) is 12.8 Å². The Morgan fingerprint density at radius 1 is 1.43 bits per heavy atom. The SMILES string of the molecule is COCc1c(C(=O)N2CCC[C@]3(CN(C)C(=O)O3)C2)noc1C. The molecule has 1 atom stereocenters. The number of hydrogen-bond acceptors (Lipinski definition) is 6. The van der Waals surface area contributed by atoms with Crippen LogP contribution in [0.3, 0.4) is 0 Å². The minimum absolute atomic E-state index is 0.210. The molecule has 2 saturated heterocycles. The maximum Gasteiger partial charge on any atom is 0.410 e. The number of amides is 2. The van der Waals surface area contributed by atoms with E-state index in [1.807, 2.05) is 0 Å². The molecule has 0 bridgehead atoms. The van der Waals surface area contributed by atoms with Crippen LogP contribution in [0, 0.1) is 6.92 Å². The number of ether oxygens (including phenoxy) is 2. The summed E-state index contributed by atoms with van der Waals surface area (Å²) in [6.45, 7) is 3.51. The van der Waals surface area contributed by atoms with E-state index in [0.29, 0.717) is 31.0 Å². The number of carbonyl (C=O) groups is 2. The molecule has 0 radical (unpaired) electrons. The van der Waals surface area contributed by atoms with Gasteiger partial charge < -0.3 is 23.8 Å². The summed E-state index contributed by atoms with van der Waals surface area (Å²) < 4.78 is 15.8. The fourth-order valence-corrected chi connectivity index (χ4v) is 3.30. The number of likely N-dealkylation sites (tertiary alicyclic amines) is 1. The van der Waals surface area contributed by atoms with E-state index < -0.39 is 5.60 Å². The highest BCUT2D eigenvalue weighted by atomic mass is 16.6. The second-order valence-corrected chi connectivity index (χ2v) is 6.24. The molecule has 2 fully saturated rings. The van der Waals surface area contributed by atoms with Crippen molar-refractivity contribution in [2.45, 2.75) is 32.0 Å². The summed E-state index contributed by atoms with van der Waals surface area (Å²) in [6.07, 6.45) is 1.20. The van der Waals surface area contributed by atoms with Crippen LogP contribution in [0.5, 0.6) is 0 Å². The van der Waals surface area contributed by atoms with E-state index in [1.54, 1.807) is 30.9 Å². The zero-order valence-corrected chi connectivity index (χ0v) is 13.6. The predicted molar refractivity (Wildman–Crippen MR) is 78.9 cm³/mol. The molecule has 1 aromatic heterocycles. The molecular weight excluding hydrogens is 302 g/mol. The molecule has 0 saturated carbocycles. The van der Waals surface area contributed by atoms with Crippen molar-refractivity contribution in [3.63, 3.8) is 0 Å². The lowest BCUT2D eigenvalue weighted by atomic mass is 9.92. The fraction of sp³-hybridized carbons (Fsp3) is 0.667. The lowest BCUT2D eigenvalue weighted by molar-refractivity contribution is -0.00563. The summed E-state index contributed by atoms with van der Waals surface area (Å²) in [5, 5.41) is 3.89. The highest BCUT2D eigenvalue weighted by Crippen LogP contribution is 2.32. The van der Waals surface area contributed by atoms with E-state index in [1.165, 1.54) is 0 Å². The Labute approximate surface area is 134 Å². The first-order valence-corrected chi connectivity index (χ1v) is 7.63. The third kappa shape index (κ3) is 2.78. The van der Waals surface area contributed by atoms with Gasteiger partial charge >= 0.3 is 6.09 Å². The largest absolute Gasteiger partial charge is 0.439 e. The maximum absolute atomic E-state index is 12.8. The molecular formula is C15H21N3O5. The van der Waals surface area contributed by atoms with E-state index in [-0.39, 0.29) is 24.3 Å². The van der Waals surface area contributed by atoms with Gasteiger partial charge in [-0.25, -0.2) is 4.79 Å². The molecule has 0 N–H and O–H groups in total. The number of methoxy groups -OCH3 is 1. The number of carbonyl (C=O) groups excluding carboxylic acids is 2. The van der Waals surface area contributed by atoms with Crippen LogP contribution in [0.4, 0.5) is 4.79 Å². The molecule has 8 heteroatoms. The van der Waals surface area contributed by atoms with Crippen molar-refractivity contribution in [2.24, 2.45) is 0 Å². The van der Waals surface area contributed by atoms with Gasteiger partial charge in [-0.3, -0.25) is 4.79 Å². The zero-order chi connectivity index (χ0) is 16.6. The molecule has 3 heterocycles. The van der Waals surface area contributed by atoms with Gasteiger partial charge in [-0.15, -0.1) is 0 Å². The van der Waals surface area contributed by atoms with Crippen LogP contribution in [0.25, 0.3) is 0 Å². The van der Waals surface area contributed by atoms with Crippen LogP contribution < -0.4 is 0 Å². The number of rotatable bonds is 3. The molecule has 2 aliphatic heterocycles. The number of hydrogen-bond donors (Lipinski definition) is 0. The Kier molecular flexibility index (Phi) is 4.01. The lowest BCUT2D eigenvalue weighted by Crippen LogP contribution is -2.52. The van der Waals surface area contributed by atoms with Crippen molar-refractivity contribution in [1.82, 2.24) is 15.0 Å². The summed E-state index contributed by atoms with van der Waals surface area (Å²) in [6, 6.07) is 0. The van der Waals surface area contributed by atoms with Crippen molar-refractivity contribution in [3.8, 4) is 0 Å². The van der Waals surface area contributed by atoms with Crippen LogP contribution in [-0.4, -0.2) is 66.3 Å². The van der Waals surface area contributed by atoms with Gasteiger partial charge in [-0.2, -0.15) is 0 Å². The Hall–Kier alpha value is -2.09. The van der Waals surface area contributed by atoms with Crippen molar-refractivity contribution >= 4 is 12.0 Å². The number of likely N-dealkylation sites (N-methyl/N-ethyl adjacent to an activating group) is 1. The third-order valence-corrected chi connectivity index (χ3v) is 4.44. The summed E-state index contributed by atoms with van der Waals surface area (Å²) in [7, 11) is 3.26. The normalized spacial score (nSPS) is 24.4. The molecule has 2 amide bonds. The molecule has 3 rings (SSSR count). The second-order valence-electron chi connectivity index (χ2n) is 6.24. The highest BCUT2D eigenvalue weighted by Gasteiger charge is 2.47. The van der Waals surface area contributed by atoms with Crippen LogP contribution in [0.15, 0.2) is 4.52 Å². The van der Waals surface area contributed by atoms with Gasteiger partial charge in [0.1, 0.15) is 11.4 Å². The molecule has 0 aromatic carbocycles. The van der Waals surface area contributed by atoms with E-state index in [2.05, 4.69) is 5.16 Å². The number of aromatic nitrogens is 1. The number of aryl methyl sites for hydroxylation is 1. The first kappa shape index (κ1) is 15.8. The molecule has 8 nitrogen and oxygen atoms in total. The second kappa shape index (κ2) is 5.84. The average molecular weight is 323 g/mol. The van der Waals surface area contributed by atoms with Crippen molar-refractivity contribution in [3.05, 3.63) is 17.0 Å². The van der Waals surface area contributed by atoms with Crippen LogP contribution in [-0.2, 0) is 16.1 Å². The Bertz CT molecular complexity index is 629. The van der Waals surface area contributed by atoms with E-state index in [4.69, 9.17) is 14.0 Å². The van der Waals surface area contributed by atoms with Crippen LogP contribution >= 0.6 is 0 Å². The van der Waals surface area contributed by atoms with Gasteiger partial charge in [0, 0.05) is 20.7 Å². The molecule has 0 aliphatic carbocycles. The minimum Gasteiger partial charge on any atom is -0.439 e. The molecule has 2 aliphatic rings. The highest BCUT2D eigenvalue weighted by molar-refractivity contribution is 5.94. The van der Waals surface area contributed by atoms with Gasteiger partial charge in [-0.05, 0) is 19.8 Å². The first-order chi connectivity index (χ1) is 11.0. The molecule has 0 unspecified atom stereocenters. The predicted octanol–water partition coefficient (Wildman–Crippen LogP) is 1.19. The van der Waals surface area contributed by atoms with E-state index >= 15 is 0 Å². The monoisotopic (exact) mass is 323 g/mol. The molecule has 126 valence electrons. The zero-order valence-electron chi connectivity index (χ0n) is 13.6.